The van der Waals surface area contributed by atoms with Gasteiger partial charge in [0.2, 0.25) is 0 Å². The van der Waals surface area contributed by atoms with Crippen LogP contribution in [0.15, 0.2) is 12.4 Å². The Morgan fingerprint density at radius 1 is 1.37 bits per heavy atom. The normalized spacial score (nSPS) is 16.9. The van der Waals surface area contributed by atoms with E-state index in [2.05, 4.69) is 34.0 Å². The molecule has 1 saturated heterocycles. The molecule has 3 N–H and O–H groups in total. The molecule has 19 heavy (non-hydrogen) atoms. The van der Waals surface area contributed by atoms with Crippen LogP contribution in [-0.2, 0) is 0 Å². The van der Waals surface area contributed by atoms with Crippen LogP contribution in [-0.4, -0.2) is 35.6 Å². The van der Waals surface area contributed by atoms with E-state index in [1.807, 2.05) is 6.07 Å². The minimum atomic E-state index is 0.387. The minimum absolute atomic E-state index is 0.387. The fraction of sp³-hybridized carbons (Fsp3) is 0.714. The van der Waals surface area contributed by atoms with Crippen LogP contribution in [0.2, 0.25) is 0 Å². The first-order valence-corrected chi connectivity index (χ1v) is 7.22. The second-order valence-corrected chi connectivity index (χ2v) is 5.57. The Morgan fingerprint density at radius 3 is 2.74 bits per heavy atom. The van der Waals surface area contributed by atoms with E-state index in [-0.39, 0.29) is 0 Å². The van der Waals surface area contributed by atoms with Gasteiger partial charge in [-0.2, -0.15) is 0 Å². The lowest BCUT2D eigenvalue weighted by Crippen LogP contribution is -2.35. The van der Waals surface area contributed by atoms with Gasteiger partial charge in [0.1, 0.15) is 18.0 Å². The van der Waals surface area contributed by atoms with Crippen molar-refractivity contribution in [1.29, 1.82) is 0 Å². The summed E-state index contributed by atoms with van der Waals surface area (Å²) in [5.74, 6) is 2.73. The van der Waals surface area contributed by atoms with Crippen LogP contribution >= 0.6 is 0 Å². The van der Waals surface area contributed by atoms with Gasteiger partial charge in [-0.15, -0.1) is 0 Å². The van der Waals surface area contributed by atoms with Crippen molar-refractivity contribution in [1.82, 2.24) is 9.97 Å². The van der Waals surface area contributed by atoms with Crippen molar-refractivity contribution in [3.05, 3.63) is 12.4 Å². The van der Waals surface area contributed by atoms with Crippen molar-refractivity contribution in [2.24, 2.45) is 11.7 Å². The molecular formula is C14H25N5. The number of anilines is 2. The highest BCUT2D eigenvalue weighted by Gasteiger charge is 2.19. The molecule has 5 nitrogen and oxygen atoms in total. The van der Waals surface area contributed by atoms with Crippen LogP contribution < -0.4 is 16.0 Å². The highest BCUT2D eigenvalue weighted by molar-refractivity contribution is 5.48. The number of hydrogen-bond acceptors (Lipinski definition) is 5. The van der Waals surface area contributed by atoms with Crippen molar-refractivity contribution in [2.45, 2.75) is 39.2 Å². The van der Waals surface area contributed by atoms with Gasteiger partial charge in [0, 0.05) is 25.2 Å². The van der Waals surface area contributed by atoms with Gasteiger partial charge < -0.3 is 16.0 Å². The second-order valence-electron chi connectivity index (χ2n) is 5.57. The molecule has 1 aliphatic heterocycles. The fourth-order valence-corrected chi connectivity index (χ4v) is 2.58. The molecule has 0 radical (unpaired) electrons. The molecule has 5 heteroatoms. The van der Waals surface area contributed by atoms with Gasteiger partial charge in [0.05, 0.1) is 0 Å². The third kappa shape index (κ3) is 4.06. The Hall–Kier alpha value is -1.36. The van der Waals surface area contributed by atoms with Gasteiger partial charge in [0.15, 0.2) is 0 Å². The first-order valence-electron chi connectivity index (χ1n) is 7.22. The average molecular weight is 263 g/mol. The maximum Gasteiger partial charge on any atom is 0.134 e. The molecule has 1 aromatic heterocycles. The van der Waals surface area contributed by atoms with Crippen LogP contribution in [0.5, 0.6) is 0 Å². The summed E-state index contributed by atoms with van der Waals surface area (Å²) in [6.45, 7) is 7.17. The maximum atomic E-state index is 5.63. The molecule has 0 aromatic carbocycles. The summed E-state index contributed by atoms with van der Waals surface area (Å²) in [5, 5.41) is 3.32. The van der Waals surface area contributed by atoms with E-state index >= 15 is 0 Å². The van der Waals surface area contributed by atoms with E-state index in [1.54, 1.807) is 6.33 Å². The molecule has 0 atom stereocenters. The second kappa shape index (κ2) is 6.70. The first-order chi connectivity index (χ1) is 9.19. The first kappa shape index (κ1) is 14.1. The highest BCUT2D eigenvalue weighted by Crippen LogP contribution is 2.24. The SMILES string of the molecule is CC(C)Nc1cc(N2CCC(CCN)CC2)ncn1. The number of nitrogens with two attached hydrogens (primary N) is 1. The third-order valence-electron chi connectivity index (χ3n) is 3.60. The monoisotopic (exact) mass is 263 g/mol. The third-order valence-corrected chi connectivity index (χ3v) is 3.60. The van der Waals surface area contributed by atoms with E-state index < -0.39 is 0 Å². The van der Waals surface area contributed by atoms with Crippen molar-refractivity contribution in [3.8, 4) is 0 Å². The molecule has 0 bridgehead atoms. The summed E-state index contributed by atoms with van der Waals surface area (Å²) in [7, 11) is 0. The van der Waals surface area contributed by atoms with Crippen molar-refractivity contribution >= 4 is 11.6 Å². The van der Waals surface area contributed by atoms with E-state index in [0.29, 0.717) is 6.04 Å². The standard InChI is InChI=1S/C14H25N5/c1-11(2)18-13-9-14(17-10-16-13)19-7-4-12(3-6-15)5-8-19/h9-12H,3-8,15H2,1-2H3,(H,16,17,18). The number of nitrogens with zero attached hydrogens (tertiary/aromatic N) is 3. The molecule has 2 rings (SSSR count). The topological polar surface area (TPSA) is 67.1 Å². The zero-order valence-corrected chi connectivity index (χ0v) is 12.0. The van der Waals surface area contributed by atoms with E-state index in [9.17, 15) is 0 Å². The largest absolute Gasteiger partial charge is 0.368 e. The quantitative estimate of drug-likeness (QED) is 0.849. The Kier molecular flexibility index (Phi) is 4.96. The maximum absolute atomic E-state index is 5.63. The lowest BCUT2D eigenvalue weighted by molar-refractivity contribution is 0.385. The summed E-state index contributed by atoms with van der Waals surface area (Å²) in [6.07, 6.45) is 5.23. The predicted octanol–water partition coefficient (Wildman–Crippen LogP) is 1.86. The van der Waals surface area contributed by atoms with Crippen molar-refractivity contribution < 1.29 is 0 Å². The zero-order chi connectivity index (χ0) is 13.7. The molecule has 106 valence electrons. The Bertz CT molecular complexity index is 385. The molecule has 0 amide bonds. The van der Waals surface area contributed by atoms with Gasteiger partial charge >= 0.3 is 0 Å². The number of rotatable bonds is 5. The number of aromatic nitrogens is 2. The smallest absolute Gasteiger partial charge is 0.134 e. The Labute approximate surface area is 115 Å². The van der Waals surface area contributed by atoms with Crippen molar-refractivity contribution in [2.75, 3.05) is 29.9 Å². The number of hydrogen-bond donors (Lipinski definition) is 2. The molecule has 0 spiro atoms. The summed E-state index contributed by atoms with van der Waals surface area (Å²) < 4.78 is 0. The van der Waals surface area contributed by atoms with Gasteiger partial charge in [-0.1, -0.05) is 0 Å². The van der Waals surface area contributed by atoms with Crippen LogP contribution in [0.4, 0.5) is 11.6 Å². The highest BCUT2D eigenvalue weighted by atomic mass is 15.2. The number of piperidine rings is 1. The molecule has 0 aliphatic carbocycles. The van der Waals surface area contributed by atoms with Crippen LogP contribution in [0.1, 0.15) is 33.1 Å². The van der Waals surface area contributed by atoms with Crippen LogP contribution in [0.25, 0.3) is 0 Å². The average Bonchev–Trinajstić information content (AvgIpc) is 2.39. The van der Waals surface area contributed by atoms with E-state index in [0.717, 1.165) is 43.6 Å². The predicted molar refractivity (Wildman–Crippen MR) is 79.4 cm³/mol. The molecule has 0 unspecified atom stereocenters. The van der Waals surface area contributed by atoms with Gasteiger partial charge in [-0.25, -0.2) is 9.97 Å². The molecule has 2 heterocycles. The van der Waals surface area contributed by atoms with Crippen LogP contribution in [0.3, 0.4) is 0 Å². The van der Waals surface area contributed by atoms with Crippen molar-refractivity contribution in [3.63, 3.8) is 0 Å². The summed E-state index contributed by atoms with van der Waals surface area (Å²) in [5.41, 5.74) is 5.63. The van der Waals surface area contributed by atoms with Gasteiger partial charge in [-0.05, 0) is 45.6 Å². The summed E-state index contributed by atoms with van der Waals surface area (Å²) >= 11 is 0. The lowest BCUT2D eigenvalue weighted by Gasteiger charge is -2.32. The number of nitrogens with one attached hydrogen (secondary N) is 1. The molecule has 0 saturated carbocycles. The molecule has 1 fully saturated rings. The molecule has 1 aliphatic rings. The summed E-state index contributed by atoms with van der Waals surface area (Å²) in [6, 6.07) is 2.43. The van der Waals surface area contributed by atoms with E-state index in [4.69, 9.17) is 5.73 Å². The molecule has 1 aromatic rings. The van der Waals surface area contributed by atoms with Gasteiger partial charge in [-0.3, -0.25) is 0 Å². The van der Waals surface area contributed by atoms with Crippen LogP contribution in [0, 0.1) is 5.92 Å². The molecular weight excluding hydrogens is 238 g/mol. The lowest BCUT2D eigenvalue weighted by atomic mass is 9.94. The summed E-state index contributed by atoms with van der Waals surface area (Å²) in [4.78, 5) is 11.0. The van der Waals surface area contributed by atoms with Gasteiger partial charge in [0.25, 0.3) is 0 Å². The Morgan fingerprint density at radius 2 is 2.11 bits per heavy atom. The van der Waals surface area contributed by atoms with E-state index in [1.165, 1.54) is 12.8 Å². The minimum Gasteiger partial charge on any atom is -0.368 e. The fourth-order valence-electron chi connectivity index (χ4n) is 2.58. The Balaban J connectivity index is 1.95. The zero-order valence-electron chi connectivity index (χ0n) is 12.0.